The average molecular weight is 205 g/mol. The Labute approximate surface area is 91.1 Å². The van der Waals surface area contributed by atoms with Crippen LogP contribution in [0.2, 0.25) is 0 Å². The predicted octanol–water partition coefficient (Wildman–Crippen LogP) is 1.95. The number of benzene rings is 1. The molecule has 1 aromatic carbocycles. The number of rotatable bonds is 3. The molecule has 1 saturated carbocycles. The molecule has 0 saturated heterocycles. The van der Waals surface area contributed by atoms with E-state index >= 15 is 0 Å². The summed E-state index contributed by atoms with van der Waals surface area (Å²) in [5, 5.41) is 9.27. The number of nitrogens with two attached hydrogens (primary N) is 1. The Morgan fingerprint density at radius 2 is 1.93 bits per heavy atom. The maximum atomic E-state index is 9.27. The quantitative estimate of drug-likeness (QED) is 0.792. The lowest BCUT2D eigenvalue weighted by molar-refractivity contribution is 0.195. The zero-order chi connectivity index (χ0) is 10.9. The zero-order valence-electron chi connectivity index (χ0n) is 9.24. The van der Waals surface area contributed by atoms with Gasteiger partial charge in [0.25, 0.3) is 0 Å². The molecule has 82 valence electrons. The molecule has 0 heterocycles. The van der Waals surface area contributed by atoms with E-state index < -0.39 is 0 Å². The molecule has 0 amide bonds. The molecular weight excluding hydrogens is 186 g/mol. The molecule has 0 aliphatic heterocycles. The van der Waals surface area contributed by atoms with Gasteiger partial charge in [-0.05, 0) is 43.7 Å². The molecule has 1 aromatic rings. The van der Waals surface area contributed by atoms with Gasteiger partial charge < -0.3 is 10.8 Å². The Hall–Kier alpha value is -0.860. The third-order valence-corrected chi connectivity index (χ3v) is 3.31. The van der Waals surface area contributed by atoms with Crippen molar-refractivity contribution in [2.75, 3.05) is 0 Å². The first-order valence-corrected chi connectivity index (χ1v) is 5.66. The van der Waals surface area contributed by atoms with Crippen molar-refractivity contribution in [1.29, 1.82) is 0 Å². The van der Waals surface area contributed by atoms with Crippen molar-refractivity contribution in [3.05, 3.63) is 35.4 Å². The van der Waals surface area contributed by atoms with Gasteiger partial charge in [-0.2, -0.15) is 0 Å². The van der Waals surface area contributed by atoms with Gasteiger partial charge >= 0.3 is 0 Å². The summed E-state index contributed by atoms with van der Waals surface area (Å²) in [7, 11) is 0. The molecule has 1 atom stereocenters. The van der Waals surface area contributed by atoms with Gasteiger partial charge in [0.05, 0.1) is 6.10 Å². The highest BCUT2D eigenvalue weighted by Gasteiger charge is 2.33. The van der Waals surface area contributed by atoms with Gasteiger partial charge in [-0.3, -0.25) is 0 Å². The third-order valence-electron chi connectivity index (χ3n) is 3.31. The van der Waals surface area contributed by atoms with Crippen molar-refractivity contribution in [1.82, 2.24) is 0 Å². The number of hydrogen-bond donors (Lipinski definition) is 2. The first-order valence-electron chi connectivity index (χ1n) is 5.66. The van der Waals surface area contributed by atoms with Gasteiger partial charge in [0.1, 0.15) is 0 Å². The van der Waals surface area contributed by atoms with Crippen LogP contribution in [0.4, 0.5) is 0 Å². The van der Waals surface area contributed by atoms with Gasteiger partial charge in [0, 0.05) is 5.54 Å². The van der Waals surface area contributed by atoms with Gasteiger partial charge in [-0.1, -0.05) is 24.3 Å². The van der Waals surface area contributed by atoms with E-state index in [0.29, 0.717) is 0 Å². The van der Waals surface area contributed by atoms with E-state index in [1.165, 1.54) is 17.5 Å². The predicted molar refractivity (Wildman–Crippen MR) is 61.5 cm³/mol. The Balaban J connectivity index is 2.10. The molecule has 2 nitrogen and oxygen atoms in total. The molecule has 15 heavy (non-hydrogen) atoms. The standard InChI is InChI=1S/C13H19NO/c1-10(15)9-11-3-5-12(6-4-11)13(14)7-2-8-13/h3-6,10,15H,2,7-9,14H2,1H3. The molecule has 1 unspecified atom stereocenters. The van der Waals surface area contributed by atoms with Crippen LogP contribution in [0.15, 0.2) is 24.3 Å². The second-order valence-electron chi connectivity index (χ2n) is 4.76. The van der Waals surface area contributed by atoms with Crippen LogP contribution in [-0.4, -0.2) is 11.2 Å². The van der Waals surface area contributed by atoms with E-state index in [1.54, 1.807) is 0 Å². The highest BCUT2D eigenvalue weighted by Crippen LogP contribution is 2.38. The van der Waals surface area contributed by atoms with Crippen molar-refractivity contribution in [3.8, 4) is 0 Å². The van der Waals surface area contributed by atoms with Gasteiger partial charge in [-0.15, -0.1) is 0 Å². The van der Waals surface area contributed by atoms with Gasteiger partial charge in [0.2, 0.25) is 0 Å². The summed E-state index contributed by atoms with van der Waals surface area (Å²) in [5.74, 6) is 0. The number of aliphatic hydroxyl groups excluding tert-OH is 1. The van der Waals surface area contributed by atoms with Crippen molar-refractivity contribution in [2.24, 2.45) is 5.73 Å². The number of hydrogen-bond acceptors (Lipinski definition) is 2. The van der Waals surface area contributed by atoms with Crippen LogP contribution in [0.3, 0.4) is 0 Å². The molecule has 1 aliphatic rings. The lowest BCUT2D eigenvalue weighted by Crippen LogP contribution is -2.43. The van der Waals surface area contributed by atoms with Crippen LogP contribution in [0.5, 0.6) is 0 Å². The van der Waals surface area contributed by atoms with Crippen molar-refractivity contribution >= 4 is 0 Å². The molecule has 0 radical (unpaired) electrons. The fourth-order valence-corrected chi connectivity index (χ4v) is 2.16. The second-order valence-corrected chi connectivity index (χ2v) is 4.76. The minimum absolute atomic E-state index is 0.0661. The second kappa shape index (κ2) is 3.95. The van der Waals surface area contributed by atoms with Crippen LogP contribution in [-0.2, 0) is 12.0 Å². The summed E-state index contributed by atoms with van der Waals surface area (Å²) in [4.78, 5) is 0. The third kappa shape index (κ3) is 2.21. The molecule has 0 bridgehead atoms. The lowest BCUT2D eigenvalue weighted by atomic mass is 9.72. The minimum atomic E-state index is -0.272. The Morgan fingerprint density at radius 3 is 2.33 bits per heavy atom. The SMILES string of the molecule is CC(O)Cc1ccc(C2(N)CCC2)cc1. The van der Waals surface area contributed by atoms with E-state index in [2.05, 4.69) is 24.3 Å². The maximum Gasteiger partial charge on any atom is 0.0552 e. The molecule has 2 rings (SSSR count). The summed E-state index contributed by atoms with van der Waals surface area (Å²) >= 11 is 0. The van der Waals surface area contributed by atoms with Crippen LogP contribution < -0.4 is 5.73 Å². The summed E-state index contributed by atoms with van der Waals surface area (Å²) in [5.41, 5.74) is 8.58. The molecule has 1 fully saturated rings. The topological polar surface area (TPSA) is 46.2 Å². The van der Waals surface area contributed by atoms with Crippen molar-refractivity contribution in [2.45, 2.75) is 44.2 Å². The van der Waals surface area contributed by atoms with E-state index in [-0.39, 0.29) is 11.6 Å². The number of aliphatic hydroxyl groups is 1. The van der Waals surface area contributed by atoms with Crippen LogP contribution >= 0.6 is 0 Å². The summed E-state index contributed by atoms with van der Waals surface area (Å²) in [6.45, 7) is 1.81. The average Bonchev–Trinajstić information content (AvgIpc) is 2.14. The molecule has 3 N–H and O–H groups in total. The van der Waals surface area contributed by atoms with E-state index in [1.807, 2.05) is 6.92 Å². The van der Waals surface area contributed by atoms with Gasteiger partial charge in [0.15, 0.2) is 0 Å². The van der Waals surface area contributed by atoms with Crippen LogP contribution in [0.25, 0.3) is 0 Å². The smallest absolute Gasteiger partial charge is 0.0552 e. The molecule has 0 spiro atoms. The summed E-state index contributed by atoms with van der Waals surface area (Å²) in [6, 6.07) is 8.37. The first kappa shape index (κ1) is 10.7. The van der Waals surface area contributed by atoms with Gasteiger partial charge in [-0.25, -0.2) is 0 Å². The van der Waals surface area contributed by atoms with E-state index in [0.717, 1.165) is 19.3 Å². The molecule has 1 aliphatic carbocycles. The largest absolute Gasteiger partial charge is 0.393 e. The Morgan fingerprint density at radius 1 is 1.33 bits per heavy atom. The lowest BCUT2D eigenvalue weighted by Gasteiger charge is -2.38. The van der Waals surface area contributed by atoms with Crippen molar-refractivity contribution in [3.63, 3.8) is 0 Å². The van der Waals surface area contributed by atoms with E-state index in [4.69, 9.17) is 5.73 Å². The normalized spacial score (nSPS) is 20.7. The zero-order valence-corrected chi connectivity index (χ0v) is 9.24. The molecule has 2 heteroatoms. The fraction of sp³-hybridized carbons (Fsp3) is 0.538. The highest BCUT2D eigenvalue weighted by molar-refractivity contribution is 5.30. The first-order chi connectivity index (χ1) is 7.10. The summed E-state index contributed by atoms with van der Waals surface area (Å²) < 4.78 is 0. The molecule has 0 aromatic heterocycles. The maximum absolute atomic E-state index is 9.27. The Bertz CT molecular complexity index is 325. The summed E-state index contributed by atoms with van der Waals surface area (Å²) in [6.07, 6.45) is 3.89. The van der Waals surface area contributed by atoms with E-state index in [9.17, 15) is 5.11 Å². The van der Waals surface area contributed by atoms with Crippen LogP contribution in [0, 0.1) is 0 Å². The monoisotopic (exact) mass is 205 g/mol. The minimum Gasteiger partial charge on any atom is -0.393 e. The van der Waals surface area contributed by atoms with Crippen LogP contribution in [0.1, 0.15) is 37.3 Å². The highest BCUT2D eigenvalue weighted by atomic mass is 16.3. The van der Waals surface area contributed by atoms with Crippen molar-refractivity contribution < 1.29 is 5.11 Å². The molecular formula is C13H19NO. The fourth-order valence-electron chi connectivity index (χ4n) is 2.16. The Kier molecular flexibility index (Phi) is 2.81.